The molecule has 4 rings (SSSR count). The van der Waals surface area contributed by atoms with Crippen molar-refractivity contribution in [3.63, 3.8) is 0 Å². The highest BCUT2D eigenvalue weighted by atomic mass is 32.2. The molecule has 0 amide bonds. The van der Waals surface area contributed by atoms with Crippen LogP contribution in [0.1, 0.15) is 112 Å². The Bertz CT molecular complexity index is 899. The first-order valence-corrected chi connectivity index (χ1v) is 16.6. The summed E-state index contributed by atoms with van der Waals surface area (Å²) in [5.74, 6) is 4.02. The Hall–Kier alpha value is -0.620. The molecule has 4 saturated carbocycles. The molecule has 0 bridgehead atoms. The molecule has 0 aliphatic heterocycles. The fourth-order valence-corrected chi connectivity index (χ4v) is 10.5. The summed E-state index contributed by atoms with van der Waals surface area (Å²) in [5.41, 5.74) is 0.498. The SMILES string of the molecule is CC(=O)OC1CC2CC(OS(C)(=O)=O)CCC2(C)C2CCC3(C)C(C(C)CCCC(C)C)CCC3C12. The maximum absolute atomic E-state index is 12.3. The van der Waals surface area contributed by atoms with Gasteiger partial charge in [-0.25, -0.2) is 0 Å². The Balaban J connectivity index is 1.56. The summed E-state index contributed by atoms with van der Waals surface area (Å²) >= 11 is 0. The number of rotatable bonds is 8. The Labute approximate surface area is 221 Å². The maximum Gasteiger partial charge on any atom is 0.302 e. The number of hydrogen-bond acceptors (Lipinski definition) is 5. The molecule has 208 valence electrons. The van der Waals surface area contributed by atoms with E-state index < -0.39 is 10.1 Å². The second-order valence-electron chi connectivity index (χ2n) is 14.1. The zero-order chi connectivity index (χ0) is 26.5. The molecule has 36 heavy (non-hydrogen) atoms. The number of fused-ring (bicyclic) bond motifs is 5. The molecule has 0 aromatic heterocycles. The van der Waals surface area contributed by atoms with Crippen molar-refractivity contribution in [3.8, 4) is 0 Å². The van der Waals surface area contributed by atoms with E-state index in [1.807, 2.05) is 0 Å². The molecule has 10 unspecified atom stereocenters. The standard InChI is InChI=1S/C30H52O5S/c1-19(2)9-8-10-20(3)24-11-12-25-28-26(14-16-30(24,25)6)29(5)15-13-23(35-36(7,32)33)17-22(29)18-27(28)34-21(4)31/h19-20,22-28H,8-18H2,1-7H3. The summed E-state index contributed by atoms with van der Waals surface area (Å²) in [6.07, 6.45) is 13.3. The third kappa shape index (κ3) is 5.55. The van der Waals surface area contributed by atoms with Crippen molar-refractivity contribution >= 4 is 16.1 Å². The van der Waals surface area contributed by atoms with Gasteiger partial charge in [-0.05, 0) is 97.7 Å². The first-order chi connectivity index (χ1) is 16.7. The van der Waals surface area contributed by atoms with Gasteiger partial charge in [-0.1, -0.05) is 53.9 Å². The average molecular weight is 525 g/mol. The highest BCUT2D eigenvalue weighted by molar-refractivity contribution is 7.86. The van der Waals surface area contributed by atoms with E-state index >= 15 is 0 Å². The topological polar surface area (TPSA) is 69.7 Å². The number of carbonyl (C=O) groups excluding carboxylic acids is 1. The summed E-state index contributed by atoms with van der Waals surface area (Å²) in [5, 5.41) is 0. The summed E-state index contributed by atoms with van der Waals surface area (Å²) < 4.78 is 35.3. The molecule has 4 fully saturated rings. The molecule has 5 nitrogen and oxygen atoms in total. The van der Waals surface area contributed by atoms with Gasteiger partial charge in [0.1, 0.15) is 6.10 Å². The normalized spacial score (nSPS) is 43.4. The summed E-state index contributed by atoms with van der Waals surface area (Å²) in [7, 11) is -3.47. The third-order valence-corrected chi connectivity index (χ3v) is 12.1. The van der Waals surface area contributed by atoms with Gasteiger partial charge in [0.05, 0.1) is 12.4 Å². The Morgan fingerprint density at radius 2 is 1.61 bits per heavy atom. The monoisotopic (exact) mass is 524 g/mol. The van der Waals surface area contributed by atoms with Crippen LogP contribution in [0.4, 0.5) is 0 Å². The van der Waals surface area contributed by atoms with Gasteiger partial charge in [-0.2, -0.15) is 8.42 Å². The number of ether oxygens (including phenoxy) is 1. The Kier molecular flexibility index (Phi) is 8.29. The minimum atomic E-state index is -3.47. The van der Waals surface area contributed by atoms with Gasteiger partial charge in [-0.15, -0.1) is 0 Å². The number of hydrogen-bond donors (Lipinski definition) is 0. The van der Waals surface area contributed by atoms with E-state index in [1.54, 1.807) is 6.92 Å². The van der Waals surface area contributed by atoms with Gasteiger partial charge < -0.3 is 4.74 Å². The van der Waals surface area contributed by atoms with E-state index in [9.17, 15) is 13.2 Å². The van der Waals surface area contributed by atoms with Crippen molar-refractivity contribution in [1.29, 1.82) is 0 Å². The van der Waals surface area contributed by atoms with Gasteiger partial charge in [0, 0.05) is 12.8 Å². The zero-order valence-corrected chi connectivity index (χ0v) is 24.7. The van der Waals surface area contributed by atoms with Crippen molar-refractivity contribution in [1.82, 2.24) is 0 Å². The summed E-state index contributed by atoms with van der Waals surface area (Å²) in [6, 6.07) is 0. The molecule has 0 saturated heterocycles. The van der Waals surface area contributed by atoms with Crippen LogP contribution in [0.25, 0.3) is 0 Å². The van der Waals surface area contributed by atoms with Crippen LogP contribution < -0.4 is 0 Å². The van der Waals surface area contributed by atoms with Crippen LogP contribution in [0, 0.1) is 52.3 Å². The summed E-state index contributed by atoms with van der Waals surface area (Å²) in [6.45, 7) is 13.7. The van der Waals surface area contributed by atoms with Crippen LogP contribution in [0.3, 0.4) is 0 Å². The van der Waals surface area contributed by atoms with Crippen molar-refractivity contribution in [3.05, 3.63) is 0 Å². The van der Waals surface area contributed by atoms with Gasteiger partial charge in [0.15, 0.2) is 0 Å². The lowest BCUT2D eigenvalue weighted by atomic mass is 9.43. The highest BCUT2D eigenvalue weighted by Gasteiger charge is 2.63. The first kappa shape index (κ1) is 28.4. The summed E-state index contributed by atoms with van der Waals surface area (Å²) in [4.78, 5) is 12.3. The second kappa shape index (κ2) is 10.5. The lowest BCUT2D eigenvalue weighted by molar-refractivity contribution is -0.193. The zero-order valence-electron chi connectivity index (χ0n) is 23.9. The Morgan fingerprint density at radius 3 is 2.25 bits per heavy atom. The van der Waals surface area contributed by atoms with E-state index in [2.05, 4.69) is 34.6 Å². The maximum atomic E-state index is 12.3. The smallest absolute Gasteiger partial charge is 0.302 e. The molecule has 0 aromatic rings. The first-order valence-electron chi connectivity index (χ1n) is 14.8. The average Bonchev–Trinajstić information content (AvgIpc) is 3.10. The highest BCUT2D eigenvalue weighted by Crippen LogP contribution is 2.69. The lowest BCUT2D eigenvalue weighted by Gasteiger charge is -2.62. The number of esters is 1. The second-order valence-corrected chi connectivity index (χ2v) is 15.7. The molecule has 4 aliphatic carbocycles. The van der Waals surface area contributed by atoms with Crippen LogP contribution in [0.2, 0.25) is 0 Å². The van der Waals surface area contributed by atoms with Gasteiger partial charge in [0.25, 0.3) is 10.1 Å². The molecule has 10 atom stereocenters. The van der Waals surface area contributed by atoms with Gasteiger partial charge >= 0.3 is 5.97 Å². The molecule has 0 heterocycles. The van der Waals surface area contributed by atoms with Crippen LogP contribution in [0.15, 0.2) is 0 Å². The lowest BCUT2D eigenvalue weighted by Crippen LogP contribution is -2.59. The van der Waals surface area contributed by atoms with E-state index in [-0.39, 0.29) is 23.6 Å². The van der Waals surface area contributed by atoms with E-state index in [1.165, 1.54) is 44.9 Å². The van der Waals surface area contributed by atoms with Crippen molar-refractivity contribution in [2.24, 2.45) is 52.3 Å². The molecule has 0 N–H and O–H groups in total. The molecule has 0 aromatic carbocycles. The quantitative estimate of drug-likeness (QED) is 0.253. The minimum absolute atomic E-state index is 0.0535. The van der Waals surface area contributed by atoms with Gasteiger partial charge in [-0.3, -0.25) is 8.98 Å². The molecular weight excluding hydrogens is 472 g/mol. The molecule has 4 aliphatic rings. The van der Waals surface area contributed by atoms with Crippen molar-refractivity contribution in [2.75, 3.05) is 6.26 Å². The molecule has 0 spiro atoms. The predicted octanol–water partition coefficient (Wildman–Crippen LogP) is 6.99. The van der Waals surface area contributed by atoms with Crippen LogP contribution in [0.5, 0.6) is 0 Å². The van der Waals surface area contributed by atoms with Crippen LogP contribution in [-0.4, -0.2) is 32.9 Å². The van der Waals surface area contributed by atoms with Crippen LogP contribution >= 0.6 is 0 Å². The van der Waals surface area contributed by atoms with E-state index in [0.717, 1.165) is 49.7 Å². The third-order valence-electron chi connectivity index (χ3n) is 11.4. The Morgan fingerprint density at radius 1 is 0.944 bits per heavy atom. The largest absolute Gasteiger partial charge is 0.462 e. The van der Waals surface area contributed by atoms with E-state index in [0.29, 0.717) is 29.1 Å². The number of carbonyl (C=O) groups is 1. The molecule has 6 heteroatoms. The van der Waals surface area contributed by atoms with Gasteiger partial charge in [0.2, 0.25) is 0 Å². The molecule has 0 radical (unpaired) electrons. The van der Waals surface area contributed by atoms with Crippen molar-refractivity contribution in [2.45, 2.75) is 124 Å². The minimum Gasteiger partial charge on any atom is -0.462 e. The molecular formula is C30H52O5S. The van der Waals surface area contributed by atoms with E-state index in [4.69, 9.17) is 8.92 Å². The van der Waals surface area contributed by atoms with Crippen molar-refractivity contribution < 1.29 is 22.1 Å². The van der Waals surface area contributed by atoms with Crippen LogP contribution in [-0.2, 0) is 23.8 Å². The fraction of sp³-hybridized carbons (Fsp3) is 0.967. The fourth-order valence-electron chi connectivity index (χ4n) is 9.85. The predicted molar refractivity (Wildman–Crippen MR) is 144 cm³/mol.